The van der Waals surface area contributed by atoms with E-state index in [1.807, 2.05) is 30.3 Å². The SMILES string of the molecule is NCCC[C@H](NC(CCc1ccccc1)C(=O)O)C(=O)N1CCC[C@H]1C(=O)O. The van der Waals surface area contributed by atoms with Crippen LogP contribution in [0.4, 0.5) is 0 Å². The zero-order chi connectivity index (χ0) is 20.5. The van der Waals surface area contributed by atoms with Gasteiger partial charge in [0.25, 0.3) is 0 Å². The van der Waals surface area contributed by atoms with Gasteiger partial charge in [-0.25, -0.2) is 4.79 Å². The maximum absolute atomic E-state index is 13.0. The number of carbonyl (C=O) groups excluding carboxylic acids is 1. The highest BCUT2D eigenvalue weighted by Crippen LogP contribution is 2.20. The number of aryl methyl sites for hydroxylation is 1. The van der Waals surface area contributed by atoms with Crippen molar-refractivity contribution in [2.75, 3.05) is 13.1 Å². The average Bonchev–Trinajstić information content (AvgIpc) is 3.17. The molecule has 0 bridgehead atoms. The first kappa shape index (κ1) is 21.8. The summed E-state index contributed by atoms with van der Waals surface area (Å²) in [5, 5.41) is 21.9. The van der Waals surface area contributed by atoms with Crippen LogP contribution in [0.3, 0.4) is 0 Å². The Balaban J connectivity index is 2.07. The van der Waals surface area contributed by atoms with Gasteiger partial charge in [0, 0.05) is 6.54 Å². The third-order valence-corrected chi connectivity index (χ3v) is 5.08. The second-order valence-corrected chi connectivity index (χ2v) is 7.09. The fourth-order valence-corrected chi connectivity index (χ4v) is 3.56. The van der Waals surface area contributed by atoms with Gasteiger partial charge in [-0.3, -0.25) is 14.9 Å². The fraction of sp³-hybridized carbons (Fsp3) is 0.550. The van der Waals surface area contributed by atoms with E-state index in [0.717, 1.165) is 5.56 Å². The van der Waals surface area contributed by atoms with Gasteiger partial charge in [-0.15, -0.1) is 0 Å². The number of rotatable bonds is 11. The van der Waals surface area contributed by atoms with Crippen molar-refractivity contribution in [2.45, 2.75) is 56.7 Å². The molecule has 1 fully saturated rings. The van der Waals surface area contributed by atoms with E-state index < -0.39 is 30.1 Å². The van der Waals surface area contributed by atoms with Crippen molar-refractivity contribution in [3.63, 3.8) is 0 Å². The predicted octanol–water partition coefficient (Wildman–Crippen LogP) is 0.845. The fourth-order valence-electron chi connectivity index (χ4n) is 3.56. The number of hydrogen-bond acceptors (Lipinski definition) is 5. The Hall–Kier alpha value is -2.45. The third kappa shape index (κ3) is 6.03. The monoisotopic (exact) mass is 391 g/mol. The highest BCUT2D eigenvalue weighted by atomic mass is 16.4. The Bertz CT molecular complexity index is 667. The van der Waals surface area contributed by atoms with Gasteiger partial charge in [0.2, 0.25) is 5.91 Å². The second-order valence-electron chi connectivity index (χ2n) is 7.09. The molecular weight excluding hydrogens is 362 g/mol. The first-order valence-corrected chi connectivity index (χ1v) is 9.70. The summed E-state index contributed by atoms with van der Waals surface area (Å²) >= 11 is 0. The topological polar surface area (TPSA) is 133 Å². The molecule has 1 amide bonds. The number of benzene rings is 1. The van der Waals surface area contributed by atoms with Gasteiger partial charge >= 0.3 is 11.9 Å². The number of likely N-dealkylation sites (tertiary alicyclic amines) is 1. The molecule has 1 aromatic rings. The van der Waals surface area contributed by atoms with Crippen LogP contribution < -0.4 is 11.1 Å². The van der Waals surface area contributed by atoms with Crippen LogP contribution in [0.5, 0.6) is 0 Å². The molecule has 0 aliphatic carbocycles. The van der Waals surface area contributed by atoms with Crippen LogP contribution in [-0.4, -0.2) is 64.2 Å². The first-order valence-electron chi connectivity index (χ1n) is 9.70. The van der Waals surface area contributed by atoms with Crippen LogP contribution in [-0.2, 0) is 20.8 Å². The quantitative estimate of drug-likeness (QED) is 0.439. The van der Waals surface area contributed by atoms with Gasteiger partial charge in [0.05, 0.1) is 6.04 Å². The Morgan fingerprint density at radius 3 is 2.46 bits per heavy atom. The van der Waals surface area contributed by atoms with Gasteiger partial charge in [-0.1, -0.05) is 30.3 Å². The van der Waals surface area contributed by atoms with E-state index in [4.69, 9.17) is 5.73 Å². The molecule has 1 saturated heterocycles. The van der Waals surface area contributed by atoms with Crippen LogP contribution in [0, 0.1) is 0 Å². The maximum atomic E-state index is 13.0. The molecular formula is C20H29N3O5. The molecule has 2 rings (SSSR count). The molecule has 0 spiro atoms. The summed E-state index contributed by atoms with van der Waals surface area (Å²) in [5.74, 6) is -2.41. The normalized spacial score (nSPS) is 18.6. The summed E-state index contributed by atoms with van der Waals surface area (Å²) < 4.78 is 0. The molecule has 0 radical (unpaired) electrons. The van der Waals surface area contributed by atoms with Crippen molar-refractivity contribution in [3.8, 4) is 0 Å². The van der Waals surface area contributed by atoms with E-state index in [1.165, 1.54) is 4.90 Å². The lowest BCUT2D eigenvalue weighted by Gasteiger charge is -2.29. The first-order chi connectivity index (χ1) is 13.4. The number of carbonyl (C=O) groups is 3. The molecule has 3 atom stereocenters. The van der Waals surface area contributed by atoms with Crippen molar-refractivity contribution in [1.82, 2.24) is 10.2 Å². The standard InChI is InChI=1S/C20H29N3O5/c21-12-4-8-15(18(24)23-13-5-9-17(23)20(27)28)22-16(19(25)26)11-10-14-6-2-1-3-7-14/h1-3,6-7,15-17,22H,4-5,8-13,21H2,(H,25,26)(H,27,28)/t15-,16?,17-/m0/s1. The number of nitrogens with one attached hydrogen (secondary N) is 1. The molecule has 1 unspecified atom stereocenters. The molecule has 1 heterocycles. The van der Waals surface area contributed by atoms with Gasteiger partial charge in [-0.2, -0.15) is 0 Å². The molecule has 154 valence electrons. The maximum Gasteiger partial charge on any atom is 0.326 e. The minimum absolute atomic E-state index is 0.327. The average molecular weight is 391 g/mol. The lowest BCUT2D eigenvalue weighted by Crippen LogP contribution is -2.54. The number of carboxylic acids is 2. The van der Waals surface area contributed by atoms with E-state index >= 15 is 0 Å². The lowest BCUT2D eigenvalue weighted by molar-refractivity contribution is -0.149. The predicted molar refractivity (Wildman–Crippen MR) is 104 cm³/mol. The summed E-state index contributed by atoms with van der Waals surface area (Å²) in [4.78, 5) is 37.5. The largest absolute Gasteiger partial charge is 0.480 e. The molecule has 28 heavy (non-hydrogen) atoms. The number of nitrogens with two attached hydrogens (primary N) is 1. The molecule has 0 saturated carbocycles. The van der Waals surface area contributed by atoms with Crippen LogP contribution in [0.25, 0.3) is 0 Å². The highest BCUT2D eigenvalue weighted by molar-refractivity contribution is 5.88. The Morgan fingerprint density at radius 1 is 1.14 bits per heavy atom. The Labute approximate surface area is 164 Å². The number of amides is 1. The number of carboxylic acid groups (broad SMARTS) is 2. The van der Waals surface area contributed by atoms with Crippen molar-refractivity contribution in [1.29, 1.82) is 0 Å². The zero-order valence-corrected chi connectivity index (χ0v) is 15.9. The molecule has 1 aliphatic heterocycles. The summed E-state index contributed by atoms with van der Waals surface area (Å²) in [6.45, 7) is 0.744. The van der Waals surface area contributed by atoms with Crippen LogP contribution in [0.1, 0.15) is 37.7 Å². The smallest absolute Gasteiger partial charge is 0.326 e. The third-order valence-electron chi connectivity index (χ3n) is 5.08. The molecule has 8 nitrogen and oxygen atoms in total. The van der Waals surface area contributed by atoms with E-state index in [0.29, 0.717) is 51.6 Å². The lowest BCUT2D eigenvalue weighted by atomic mass is 10.0. The Kier molecular flexibility index (Phi) is 8.41. The minimum atomic E-state index is -1.03. The molecule has 8 heteroatoms. The van der Waals surface area contributed by atoms with Crippen molar-refractivity contribution in [2.24, 2.45) is 5.73 Å². The minimum Gasteiger partial charge on any atom is -0.480 e. The number of hydrogen-bond donors (Lipinski definition) is 4. The van der Waals surface area contributed by atoms with Gasteiger partial charge in [-0.05, 0) is 50.6 Å². The van der Waals surface area contributed by atoms with Crippen molar-refractivity contribution in [3.05, 3.63) is 35.9 Å². The van der Waals surface area contributed by atoms with E-state index in [-0.39, 0.29) is 5.91 Å². The van der Waals surface area contributed by atoms with Crippen molar-refractivity contribution >= 4 is 17.8 Å². The molecule has 1 aromatic carbocycles. The van der Waals surface area contributed by atoms with Crippen molar-refractivity contribution < 1.29 is 24.6 Å². The summed E-state index contributed by atoms with van der Waals surface area (Å²) in [6.07, 6.45) is 2.84. The molecule has 5 N–H and O–H groups in total. The van der Waals surface area contributed by atoms with E-state index in [2.05, 4.69) is 5.32 Å². The van der Waals surface area contributed by atoms with Crippen LogP contribution >= 0.6 is 0 Å². The van der Waals surface area contributed by atoms with E-state index in [1.54, 1.807) is 0 Å². The van der Waals surface area contributed by atoms with Gasteiger partial charge < -0.3 is 20.8 Å². The summed E-state index contributed by atoms with van der Waals surface area (Å²) in [7, 11) is 0. The van der Waals surface area contributed by atoms with Crippen LogP contribution in [0.2, 0.25) is 0 Å². The molecule has 0 aromatic heterocycles. The van der Waals surface area contributed by atoms with Gasteiger partial charge in [0.15, 0.2) is 0 Å². The zero-order valence-electron chi connectivity index (χ0n) is 15.9. The van der Waals surface area contributed by atoms with E-state index in [9.17, 15) is 24.6 Å². The molecule has 1 aliphatic rings. The second kappa shape index (κ2) is 10.8. The summed E-state index contributed by atoms with van der Waals surface area (Å²) in [5.41, 5.74) is 6.59. The Morgan fingerprint density at radius 2 is 1.86 bits per heavy atom. The number of aliphatic carboxylic acids is 2. The van der Waals surface area contributed by atoms with Gasteiger partial charge in [0.1, 0.15) is 12.1 Å². The van der Waals surface area contributed by atoms with Crippen LogP contribution in [0.15, 0.2) is 30.3 Å². The number of nitrogens with zero attached hydrogens (tertiary/aromatic N) is 1. The highest BCUT2D eigenvalue weighted by Gasteiger charge is 2.38. The summed E-state index contributed by atoms with van der Waals surface area (Å²) in [6, 6.07) is 7.03.